The van der Waals surface area contributed by atoms with Gasteiger partial charge < -0.3 is 15.4 Å². The van der Waals surface area contributed by atoms with Crippen LogP contribution in [-0.2, 0) is 14.6 Å². The monoisotopic (exact) mass is 408 g/mol. The molecule has 0 bridgehead atoms. The lowest BCUT2D eigenvalue weighted by Gasteiger charge is -2.22. The van der Waals surface area contributed by atoms with Gasteiger partial charge in [-0.05, 0) is 31.5 Å². The van der Waals surface area contributed by atoms with Gasteiger partial charge in [0.25, 0.3) is 5.91 Å². The molecule has 2 rings (SSSR count). The first-order valence-corrected chi connectivity index (χ1v) is 9.86. The number of carbonyl (C=O) groups excluding carboxylic acids is 2. The van der Waals surface area contributed by atoms with E-state index in [1.165, 1.54) is 4.90 Å². The summed E-state index contributed by atoms with van der Waals surface area (Å²) in [6.07, 6.45) is -5.64. The quantitative estimate of drug-likeness (QED) is 0.792. The van der Waals surface area contributed by atoms with Crippen LogP contribution in [0.1, 0.15) is 23.7 Å². The number of halogens is 3. The van der Waals surface area contributed by atoms with Gasteiger partial charge in [-0.15, -0.1) is 0 Å². The molecule has 11 heteroatoms. The standard InChI is InChI=1S/C16H19F3N2O5S/c1-9(16(17,18)19)26-13-4-3-11(27(2,24)25)7-12(13)15(23)21-6-5-10(8-21)14(20)22/h3-4,7,9-10H,5-6,8H2,1-2H3,(H2,20,22)/t9-,10?/m1/s1. The summed E-state index contributed by atoms with van der Waals surface area (Å²) >= 11 is 0. The van der Waals surface area contributed by atoms with Crippen LogP contribution in [0.3, 0.4) is 0 Å². The van der Waals surface area contributed by atoms with E-state index in [2.05, 4.69) is 0 Å². The number of ether oxygens (including phenoxy) is 1. The van der Waals surface area contributed by atoms with Crippen LogP contribution in [-0.4, -0.2) is 56.8 Å². The Morgan fingerprint density at radius 3 is 2.44 bits per heavy atom. The summed E-state index contributed by atoms with van der Waals surface area (Å²) in [4.78, 5) is 25.0. The highest BCUT2D eigenvalue weighted by Crippen LogP contribution is 2.31. The molecule has 0 aromatic heterocycles. The summed E-state index contributed by atoms with van der Waals surface area (Å²) in [6.45, 7) is 0.951. The van der Waals surface area contributed by atoms with Crippen LogP contribution < -0.4 is 10.5 Å². The number of alkyl halides is 3. The van der Waals surface area contributed by atoms with Crippen LogP contribution in [0, 0.1) is 5.92 Å². The van der Waals surface area contributed by atoms with E-state index in [9.17, 15) is 31.2 Å². The van der Waals surface area contributed by atoms with E-state index in [0.29, 0.717) is 6.42 Å². The van der Waals surface area contributed by atoms with Crippen molar-refractivity contribution in [2.45, 2.75) is 30.5 Å². The number of nitrogens with two attached hydrogens (primary N) is 1. The second kappa shape index (κ2) is 7.37. The van der Waals surface area contributed by atoms with E-state index >= 15 is 0 Å². The third-order valence-electron chi connectivity index (χ3n) is 4.25. The van der Waals surface area contributed by atoms with Gasteiger partial charge in [-0.3, -0.25) is 9.59 Å². The summed E-state index contributed by atoms with van der Waals surface area (Å²) in [5.74, 6) is -2.27. The number of benzene rings is 1. The molecule has 2 atom stereocenters. The number of sulfone groups is 1. The third-order valence-corrected chi connectivity index (χ3v) is 5.36. The van der Waals surface area contributed by atoms with Crippen LogP contribution in [0.15, 0.2) is 23.1 Å². The van der Waals surface area contributed by atoms with Gasteiger partial charge >= 0.3 is 6.18 Å². The number of nitrogens with zero attached hydrogens (tertiary/aromatic N) is 1. The van der Waals surface area contributed by atoms with Crippen LogP contribution in [0.25, 0.3) is 0 Å². The van der Waals surface area contributed by atoms with Gasteiger partial charge in [0.05, 0.1) is 16.4 Å². The summed E-state index contributed by atoms with van der Waals surface area (Å²) in [5, 5.41) is 0. The molecule has 150 valence electrons. The number of amides is 2. The van der Waals surface area contributed by atoms with Gasteiger partial charge in [-0.1, -0.05) is 0 Å². The summed E-state index contributed by atoms with van der Waals surface area (Å²) in [7, 11) is -3.70. The SMILES string of the molecule is C[C@@H](Oc1ccc(S(C)(=O)=O)cc1C(=O)N1CCC(C(N)=O)C1)C(F)(F)F. The average molecular weight is 408 g/mol. The fourth-order valence-corrected chi connectivity index (χ4v) is 3.26. The van der Waals surface area contributed by atoms with Crippen molar-refractivity contribution in [1.29, 1.82) is 0 Å². The van der Waals surface area contributed by atoms with E-state index < -0.39 is 39.8 Å². The molecule has 1 aromatic rings. The zero-order valence-corrected chi connectivity index (χ0v) is 15.4. The largest absolute Gasteiger partial charge is 0.480 e. The van der Waals surface area contributed by atoms with Crippen LogP contribution in [0.4, 0.5) is 13.2 Å². The smallest absolute Gasteiger partial charge is 0.425 e. The highest BCUT2D eigenvalue weighted by Gasteiger charge is 2.39. The van der Waals surface area contributed by atoms with Crippen molar-refractivity contribution in [2.75, 3.05) is 19.3 Å². The van der Waals surface area contributed by atoms with Gasteiger partial charge in [-0.25, -0.2) is 8.42 Å². The van der Waals surface area contributed by atoms with Crippen LogP contribution >= 0.6 is 0 Å². The zero-order chi connectivity index (χ0) is 20.6. The minimum Gasteiger partial charge on any atom is -0.480 e. The molecule has 27 heavy (non-hydrogen) atoms. The molecule has 1 aliphatic rings. The summed E-state index contributed by atoms with van der Waals surface area (Å²) < 4.78 is 66.8. The second-order valence-corrected chi connectivity index (χ2v) is 8.39. The van der Waals surface area contributed by atoms with Crippen molar-refractivity contribution in [3.8, 4) is 5.75 Å². The Morgan fingerprint density at radius 2 is 1.96 bits per heavy atom. The maximum atomic E-state index is 12.8. The molecular formula is C16H19F3N2O5S. The Kier molecular flexibility index (Phi) is 5.74. The minimum absolute atomic E-state index is 0.00549. The topological polar surface area (TPSA) is 107 Å². The number of hydrogen-bond acceptors (Lipinski definition) is 5. The maximum absolute atomic E-state index is 12.8. The van der Waals surface area contributed by atoms with Crippen LogP contribution in [0.5, 0.6) is 5.75 Å². The molecule has 0 aliphatic carbocycles. The van der Waals surface area contributed by atoms with E-state index in [1.54, 1.807) is 0 Å². The van der Waals surface area contributed by atoms with Crippen molar-refractivity contribution in [3.05, 3.63) is 23.8 Å². The molecule has 1 fully saturated rings. The van der Waals surface area contributed by atoms with Gasteiger partial charge in [0, 0.05) is 19.3 Å². The molecule has 1 aliphatic heterocycles. The molecule has 7 nitrogen and oxygen atoms in total. The van der Waals surface area contributed by atoms with Crippen molar-refractivity contribution < 1.29 is 35.9 Å². The van der Waals surface area contributed by atoms with Gasteiger partial charge in [0.15, 0.2) is 15.9 Å². The summed E-state index contributed by atoms with van der Waals surface area (Å²) in [6, 6.07) is 3.07. The molecule has 0 saturated carbocycles. The first kappa shape index (κ1) is 21.0. The van der Waals surface area contributed by atoms with Crippen LogP contribution in [0.2, 0.25) is 0 Å². The third kappa shape index (κ3) is 4.90. The normalized spacial score (nSPS) is 19.0. The lowest BCUT2D eigenvalue weighted by Crippen LogP contribution is -2.34. The number of likely N-dealkylation sites (tertiary alicyclic amines) is 1. The van der Waals surface area contributed by atoms with Crippen molar-refractivity contribution >= 4 is 21.7 Å². The molecule has 2 amide bonds. The van der Waals surface area contributed by atoms with Gasteiger partial charge in [0.2, 0.25) is 5.91 Å². The molecule has 1 unspecified atom stereocenters. The molecule has 0 radical (unpaired) electrons. The van der Waals surface area contributed by atoms with E-state index in [1.807, 2.05) is 0 Å². The highest BCUT2D eigenvalue weighted by atomic mass is 32.2. The Balaban J connectivity index is 2.41. The van der Waals surface area contributed by atoms with Gasteiger partial charge in [-0.2, -0.15) is 13.2 Å². The predicted octanol–water partition coefficient (Wildman–Crippen LogP) is 1.37. The van der Waals surface area contributed by atoms with E-state index in [0.717, 1.165) is 31.4 Å². The molecule has 0 spiro atoms. The van der Waals surface area contributed by atoms with Gasteiger partial charge in [0.1, 0.15) is 5.75 Å². The Morgan fingerprint density at radius 1 is 1.33 bits per heavy atom. The lowest BCUT2D eigenvalue weighted by atomic mass is 10.1. The Hall–Kier alpha value is -2.30. The Labute approximate surface area is 154 Å². The maximum Gasteiger partial charge on any atom is 0.425 e. The van der Waals surface area contributed by atoms with E-state index in [-0.39, 0.29) is 29.3 Å². The molecule has 2 N–H and O–H groups in total. The van der Waals surface area contributed by atoms with E-state index in [4.69, 9.17) is 10.5 Å². The molecular weight excluding hydrogens is 389 g/mol. The Bertz CT molecular complexity index is 854. The summed E-state index contributed by atoms with van der Waals surface area (Å²) in [5.41, 5.74) is 4.90. The first-order valence-electron chi connectivity index (χ1n) is 7.96. The average Bonchev–Trinajstić information content (AvgIpc) is 3.02. The first-order chi connectivity index (χ1) is 12.3. The fraction of sp³-hybridized carbons (Fsp3) is 0.500. The van der Waals surface area contributed by atoms with Crippen molar-refractivity contribution in [2.24, 2.45) is 11.7 Å². The number of hydrogen-bond donors (Lipinski definition) is 1. The predicted molar refractivity (Wildman–Crippen MR) is 88.9 cm³/mol. The highest BCUT2D eigenvalue weighted by molar-refractivity contribution is 7.90. The molecule has 1 aromatic carbocycles. The molecule has 1 heterocycles. The fourth-order valence-electron chi connectivity index (χ4n) is 2.61. The number of carbonyl (C=O) groups is 2. The van der Waals surface area contributed by atoms with Crippen molar-refractivity contribution in [1.82, 2.24) is 4.90 Å². The second-order valence-electron chi connectivity index (χ2n) is 6.37. The number of rotatable bonds is 5. The zero-order valence-electron chi connectivity index (χ0n) is 14.6. The number of primary amides is 1. The minimum atomic E-state index is -4.67. The molecule has 1 saturated heterocycles. The van der Waals surface area contributed by atoms with Crippen molar-refractivity contribution in [3.63, 3.8) is 0 Å². The lowest BCUT2D eigenvalue weighted by molar-refractivity contribution is -0.189.